The molecule has 0 aliphatic rings. The van der Waals surface area contributed by atoms with E-state index in [2.05, 4.69) is 42.3 Å². The molecule has 2 rings (SSSR count). The van der Waals surface area contributed by atoms with Gasteiger partial charge in [-0.3, -0.25) is 0 Å². The lowest BCUT2D eigenvalue weighted by Gasteiger charge is -2.17. The second-order valence-electron chi connectivity index (χ2n) is 5.15. The summed E-state index contributed by atoms with van der Waals surface area (Å²) < 4.78 is 5.68. The van der Waals surface area contributed by atoms with Crippen LogP contribution in [0, 0.1) is 11.3 Å². The fourth-order valence-corrected chi connectivity index (χ4v) is 2.43. The Morgan fingerprint density at radius 2 is 1.91 bits per heavy atom. The van der Waals surface area contributed by atoms with E-state index in [0.717, 1.165) is 19.5 Å². The highest BCUT2D eigenvalue weighted by Crippen LogP contribution is 2.25. The summed E-state index contributed by atoms with van der Waals surface area (Å²) in [5.41, 5.74) is 1.70. The minimum absolute atomic E-state index is 0.404. The molecule has 0 spiro atoms. The summed E-state index contributed by atoms with van der Waals surface area (Å²) >= 11 is 5.97. The number of halogens is 1. The lowest BCUT2D eigenvalue weighted by atomic mass is 10.2. The maximum absolute atomic E-state index is 9.09. The summed E-state index contributed by atoms with van der Waals surface area (Å²) in [6.45, 7) is 2.41. The molecule has 0 amide bonds. The van der Waals surface area contributed by atoms with Crippen molar-refractivity contribution in [2.24, 2.45) is 0 Å². The van der Waals surface area contributed by atoms with Gasteiger partial charge < -0.3 is 9.64 Å². The molecule has 0 heterocycles. The van der Waals surface area contributed by atoms with Crippen LogP contribution < -0.4 is 4.74 Å². The first-order valence-corrected chi connectivity index (χ1v) is 7.62. The molecule has 2 aromatic carbocycles. The van der Waals surface area contributed by atoms with Gasteiger partial charge in [0.05, 0.1) is 11.6 Å². The van der Waals surface area contributed by atoms with Crippen molar-refractivity contribution in [1.82, 2.24) is 4.90 Å². The van der Waals surface area contributed by atoms with Crippen LogP contribution in [0.5, 0.6) is 5.75 Å². The van der Waals surface area contributed by atoms with E-state index in [1.54, 1.807) is 18.2 Å². The lowest BCUT2D eigenvalue weighted by molar-refractivity contribution is 0.258. The molecule has 0 radical (unpaired) electrons. The van der Waals surface area contributed by atoms with Crippen LogP contribution >= 0.6 is 11.6 Å². The smallest absolute Gasteiger partial charge is 0.138 e. The zero-order chi connectivity index (χ0) is 15.8. The van der Waals surface area contributed by atoms with Gasteiger partial charge in [-0.2, -0.15) is 5.26 Å². The van der Waals surface area contributed by atoms with E-state index in [1.165, 1.54) is 5.56 Å². The lowest BCUT2D eigenvalue weighted by Crippen LogP contribution is -2.20. The maximum atomic E-state index is 9.09. The van der Waals surface area contributed by atoms with Gasteiger partial charge in [0.1, 0.15) is 17.4 Å². The van der Waals surface area contributed by atoms with Gasteiger partial charge in [-0.05, 0) is 31.2 Å². The van der Waals surface area contributed by atoms with Crippen molar-refractivity contribution in [2.75, 3.05) is 20.2 Å². The number of rotatable bonds is 7. The SMILES string of the molecule is CN(CCCOc1cccc(Cl)c1C#N)Cc1ccccc1. The largest absolute Gasteiger partial charge is 0.492 e. The molecule has 0 fully saturated rings. The molecule has 0 aliphatic carbocycles. The molecular weight excluding hydrogens is 296 g/mol. The van der Waals surface area contributed by atoms with E-state index < -0.39 is 0 Å². The van der Waals surface area contributed by atoms with E-state index in [-0.39, 0.29) is 0 Å². The van der Waals surface area contributed by atoms with Gasteiger partial charge in [-0.15, -0.1) is 0 Å². The highest BCUT2D eigenvalue weighted by atomic mass is 35.5. The summed E-state index contributed by atoms with van der Waals surface area (Å²) in [6.07, 6.45) is 0.890. The first-order valence-electron chi connectivity index (χ1n) is 7.24. The average molecular weight is 315 g/mol. The zero-order valence-electron chi connectivity index (χ0n) is 12.6. The molecular formula is C18H19ClN2O. The third-order valence-corrected chi connectivity index (χ3v) is 3.64. The van der Waals surface area contributed by atoms with E-state index in [0.29, 0.717) is 22.9 Å². The predicted octanol–water partition coefficient (Wildman–Crippen LogP) is 4.11. The molecule has 0 unspecified atom stereocenters. The summed E-state index contributed by atoms with van der Waals surface area (Å²) in [7, 11) is 2.09. The Bertz CT molecular complexity index is 637. The molecule has 22 heavy (non-hydrogen) atoms. The Hall–Kier alpha value is -2.02. The Labute approximate surface area is 136 Å². The van der Waals surface area contributed by atoms with E-state index in [9.17, 15) is 0 Å². The van der Waals surface area contributed by atoms with Crippen LogP contribution in [0.25, 0.3) is 0 Å². The molecule has 0 aromatic heterocycles. The number of hydrogen-bond acceptors (Lipinski definition) is 3. The molecule has 0 atom stereocenters. The normalized spacial score (nSPS) is 10.5. The second kappa shape index (κ2) is 8.43. The molecule has 2 aromatic rings. The fourth-order valence-electron chi connectivity index (χ4n) is 2.22. The third-order valence-electron chi connectivity index (χ3n) is 3.32. The third kappa shape index (κ3) is 4.77. The van der Waals surface area contributed by atoms with Gasteiger partial charge in [0, 0.05) is 13.1 Å². The minimum Gasteiger partial charge on any atom is -0.492 e. The van der Waals surface area contributed by atoms with Crippen molar-refractivity contribution in [2.45, 2.75) is 13.0 Å². The predicted molar refractivity (Wildman–Crippen MR) is 89.1 cm³/mol. The zero-order valence-corrected chi connectivity index (χ0v) is 13.4. The number of ether oxygens (including phenoxy) is 1. The van der Waals surface area contributed by atoms with Crippen molar-refractivity contribution in [1.29, 1.82) is 5.26 Å². The number of nitriles is 1. The van der Waals surface area contributed by atoms with Crippen LogP contribution in [0.3, 0.4) is 0 Å². The van der Waals surface area contributed by atoms with Crippen LogP contribution in [-0.2, 0) is 6.54 Å². The number of nitrogens with zero attached hydrogens (tertiary/aromatic N) is 2. The van der Waals surface area contributed by atoms with Crippen molar-refractivity contribution in [3.63, 3.8) is 0 Å². The Morgan fingerprint density at radius 3 is 2.64 bits per heavy atom. The summed E-state index contributed by atoms with van der Waals surface area (Å²) in [5, 5.41) is 9.52. The summed E-state index contributed by atoms with van der Waals surface area (Å²) in [6, 6.07) is 17.7. The van der Waals surface area contributed by atoms with Crippen LogP contribution in [0.1, 0.15) is 17.5 Å². The molecule has 0 saturated heterocycles. The Morgan fingerprint density at radius 1 is 1.14 bits per heavy atom. The average Bonchev–Trinajstić information content (AvgIpc) is 2.52. The molecule has 0 saturated carbocycles. The van der Waals surface area contributed by atoms with Gasteiger partial charge in [-0.25, -0.2) is 0 Å². The van der Waals surface area contributed by atoms with Crippen LogP contribution in [0.2, 0.25) is 5.02 Å². The van der Waals surface area contributed by atoms with Gasteiger partial charge in [-0.1, -0.05) is 48.0 Å². The van der Waals surface area contributed by atoms with Crippen molar-refractivity contribution in [3.8, 4) is 11.8 Å². The minimum atomic E-state index is 0.404. The van der Waals surface area contributed by atoms with Gasteiger partial charge in [0.2, 0.25) is 0 Å². The number of benzene rings is 2. The van der Waals surface area contributed by atoms with Crippen LogP contribution in [0.4, 0.5) is 0 Å². The first-order chi connectivity index (χ1) is 10.7. The van der Waals surface area contributed by atoms with Gasteiger partial charge in [0.15, 0.2) is 0 Å². The Kier molecular flexibility index (Phi) is 6.27. The van der Waals surface area contributed by atoms with E-state index in [1.807, 2.05) is 6.07 Å². The molecule has 0 aliphatic heterocycles. The summed E-state index contributed by atoms with van der Waals surface area (Å²) in [5.74, 6) is 0.556. The molecule has 0 bridgehead atoms. The highest BCUT2D eigenvalue weighted by molar-refractivity contribution is 6.31. The summed E-state index contributed by atoms with van der Waals surface area (Å²) in [4.78, 5) is 2.25. The quantitative estimate of drug-likeness (QED) is 0.721. The van der Waals surface area contributed by atoms with E-state index >= 15 is 0 Å². The van der Waals surface area contributed by atoms with Gasteiger partial charge >= 0.3 is 0 Å². The number of hydrogen-bond donors (Lipinski definition) is 0. The fraction of sp³-hybridized carbons (Fsp3) is 0.278. The van der Waals surface area contributed by atoms with Gasteiger partial charge in [0.25, 0.3) is 0 Å². The van der Waals surface area contributed by atoms with Crippen molar-refractivity contribution in [3.05, 3.63) is 64.7 Å². The topological polar surface area (TPSA) is 36.3 Å². The highest BCUT2D eigenvalue weighted by Gasteiger charge is 2.07. The second-order valence-corrected chi connectivity index (χ2v) is 5.56. The Balaban J connectivity index is 1.76. The molecule has 114 valence electrons. The maximum Gasteiger partial charge on any atom is 0.138 e. The molecule has 0 N–H and O–H groups in total. The van der Waals surface area contributed by atoms with Crippen molar-refractivity contribution < 1.29 is 4.74 Å². The van der Waals surface area contributed by atoms with Crippen LogP contribution in [0.15, 0.2) is 48.5 Å². The van der Waals surface area contributed by atoms with Crippen LogP contribution in [-0.4, -0.2) is 25.1 Å². The first kappa shape index (κ1) is 16.4. The standard InChI is InChI=1S/C18H19ClN2O/c1-21(14-15-7-3-2-4-8-15)11-6-12-22-18-10-5-9-17(19)16(18)13-20/h2-5,7-10H,6,11-12,14H2,1H3. The van der Waals surface area contributed by atoms with E-state index in [4.69, 9.17) is 21.6 Å². The molecule has 3 nitrogen and oxygen atoms in total. The monoisotopic (exact) mass is 314 g/mol. The van der Waals surface area contributed by atoms with Crippen molar-refractivity contribution >= 4 is 11.6 Å². The molecule has 4 heteroatoms.